The van der Waals surface area contributed by atoms with Gasteiger partial charge >= 0.3 is 0 Å². The largest absolute Gasteiger partial charge is 0.377 e. The zero-order chi connectivity index (χ0) is 8.27. The van der Waals surface area contributed by atoms with Crippen molar-refractivity contribution in [2.75, 3.05) is 12.4 Å². The van der Waals surface area contributed by atoms with E-state index in [-0.39, 0.29) is 12.0 Å². The highest BCUT2D eigenvalue weighted by molar-refractivity contribution is 8.00. The number of carbonyl (C=O) groups is 1. The minimum Gasteiger partial charge on any atom is -0.377 e. The molecule has 1 heterocycles. The van der Waals surface area contributed by atoms with Crippen LogP contribution in [0, 0.1) is 0 Å². The van der Waals surface area contributed by atoms with Crippen molar-refractivity contribution in [3.05, 3.63) is 0 Å². The van der Waals surface area contributed by atoms with Crippen LogP contribution in [0.2, 0.25) is 0 Å². The predicted octanol–water partition coefficient (Wildman–Crippen LogP) is 0.382. The van der Waals surface area contributed by atoms with Crippen LogP contribution in [0.3, 0.4) is 0 Å². The Labute approximate surface area is 70.7 Å². The van der Waals surface area contributed by atoms with E-state index in [0.29, 0.717) is 11.0 Å². The van der Waals surface area contributed by atoms with Crippen LogP contribution < -0.4 is 5.73 Å². The van der Waals surface area contributed by atoms with Gasteiger partial charge in [-0.15, -0.1) is 11.8 Å². The molecule has 0 aromatic rings. The third-order valence-corrected chi connectivity index (χ3v) is 3.24. The maximum atomic E-state index is 10.4. The predicted molar refractivity (Wildman–Crippen MR) is 45.5 cm³/mol. The lowest BCUT2D eigenvalue weighted by Gasteiger charge is -2.11. The summed E-state index contributed by atoms with van der Waals surface area (Å²) in [7, 11) is 0. The van der Waals surface area contributed by atoms with E-state index in [4.69, 9.17) is 10.5 Å². The summed E-state index contributed by atoms with van der Waals surface area (Å²) in [5, 5.41) is 0.461. The van der Waals surface area contributed by atoms with Gasteiger partial charge in [-0.05, 0) is 13.3 Å². The molecule has 0 aromatic heterocycles. The molecule has 0 radical (unpaired) electrons. The normalized spacial score (nSPS) is 30.6. The molecule has 1 fully saturated rings. The van der Waals surface area contributed by atoms with E-state index in [1.54, 1.807) is 11.8 Å². The molecule has 1 rings (SSSR count). The second kappa shape index (κ2) is 3.97. The van der Waals surface area contributed by atoms with Crippen molar-refractivity contribution in [2.24, 2.45) is 5.73 Å². The van der Waals surface area contributed by atoms with Crippen LogP contribution in [0.5, 0.6) is 0 Å². The van der Waals surface area contributed by atoms with E-state index in [1.165, 1.54) is 0 Å². The molecule has 64 valence electrons. The van der Waals surface area contributed by atoms with Crippen molar-refractivity contribution in [3.63, 3.8) is 0 Å². The van der Waals surface area contributed by atoms with E-state index >= 15 is 0 Å². The van der Waals surface area contributed by atoms with Crippen molar-refractivity contribution in [3.8, 4) is 0 Å². The molecule has 1 aliphatic heterocycles. The van der Waals surface area contributed by atoms with Gasteiger partial charge in [-0.2, -0.15) is 0 Å². The Kier molecular flexibility index (Phi) is 3.20. The summed E-state index contributed by atoms with van der Waals surface area (Å²) in [6.07, 6.45) is 1.32. The Morgan fingerprint density at radius 2 is 2.55 bits per heavy atom. The van der Waals surface area contributed by atoms with Gasteiger partial charge in [0.2, 0.25) is 5.91 Å². The second-order valence-corrected chi connectivity index (χ2v) is 3.91. The molecular weight excluding hydrogens is 162 g/mol. The fraction of sp³-hybridized carbons (Fsp3) is 0.857. The molecule has 1 aliphatic rings. The molecule has 11 heavy (non-hydrogen) atoms. The molecule has 0 aromatic carbocycles. The van der Waals surface area contributed by atoms with E-state index in [9.17, 15) is 4.79 Å². The monoisotopic (exact) mass is 175 g/mol. The molecule has 3 nitrogen and oxygen atoms in total. The maximum Gasteiger partial charge on any atom is 0.227 e. The smallest absolute Gasteiger partial charge is 0.227 e. The molecular formula is C7H13NO2S. The van der Waals surface area contributed by atoms with Crippen LogP contribution in [0.15, 0.2) is 0 Å². The van der Waals surface area contributed by atoms with Crippen LogP contribution >= 0.6 is 11.8 Å². The summed E-state index contributed by atoms with van der Waals surface area (Å²) < 4.78 is 5.32. The van der Waals surface area contributed by atoms with Crippen molar-refractivity contribution < 1.29 is 9.53 Å². The summed E-state index contributed by atoms with van der Waals surface area (Å²) in [6, 6.07) is 0. The topological polar surface area (TPSA) is 52.3 Å². The van der Waals surface area contributed by atoms with Gasteiger partial charge < -0.3 is 10.5 Å². The highest BCUT2D eigenvalue weighted by Crippen LogP contribution is 2.25. The van der Waals surface area contributed by atoms with Crippen molar-refractivity contribution in [1.29, 1.82) is 0 Å². The van der Waals surface area contributed by atoms with Gasteiger partial charge in [0.25, 0.3) is 0 Å². The lowest BCUT2D eigenvalue weighted by molar-refractivity contribution is -0.115. The fourth-order valence-corrected chi connectivity index (χ4v) is 2.11. The van der Waals surface area contributed by atoms with E-state index < -0.39 is 0 Å². The molecule has 0 bridgehead atoms. The van der Waals surface area contributed by atoms with Gasteiger partial charge in [0.15, 0.2) is 0 Å². The van der Waals surface area contributed by atoms with Gasteiger partial charge in [-0.1, -0.05) is 0 Å². The highest BCUT2D eigenvalue weighted by atomic mass is 32.2. The fourth-order valence-electron chi connectivity index (χ4n) is 1.12. The number of hydrogen-bond donors (Lipinski definition) is 1. The zero-order valence-corrected chi connectivity index (χ0v) is 7.39. The second-order valence-electron chi connectivity index (χ2n) is 2.68. The number of thioether (sulfide) groups is 1. The Morgan fingerprint density at radius 3 is 3.00 bits per heavy atom. The molecule has 0 spiro atoms. The number of amides is 1. The minimum absolute atomic E-state index is 0.242. The average molecular weight is 175 g/mol. The molecule has 2 N–H and O–H groups in total. The van der Waals surface area contributed by atoms with Crippen molar-refractivity contribution in [1.82, 2.24) is 0 Å². The maximum absolute atomic E-state index is 10.4. The van der Waals surface area contributed by atoms with Crippen LogP contribution in [-0.4, -0.2) is 29.6 Å². The third-order valence-electron chi connectivity index (χ3n) is 1.75. The zero-order valence-electron chi connectivity index (χ0n) is 6.58. The molecule has 0 aliphatic carbocycles. The summed E-state index contributed by atoms with van der Waals surface area (Å²) in [6.45, 7) is 2.85. The molecule has 0 saturated carbocycles. The molecule has 4 heteroatoms. The number of ether oxygens (including phenoxy) is 1. The van der Waals surface area contributed by atoms with Crippen LogP contribution in [0.4, 0.5) is 0 Å². The summed E-state index contributed by atoms with van der Waals surface area (Å²) in [5.41, 5.74) is 5.02. The van der Waals surface area contributed by atoms with Gasteiger partial charge in [-0.3, -0.25) is 4.79 Å². The first kappa shape index (κ1) is 8.87. The molecule has 1 saturated heterocycles. The molecule has 2 atom stereocenters. The van der Waals surface area contributed by atoms with Gasteiger partial charge in [-0.25, -0.2) is 0 Å². The average Bonchev–Trinajstić information content (AvgIpc) is 2.31. The number of hydrogen-bond acceptors (Lipinski definition) is 3. The van der Waals surface area contributed by atoms with E-state index in [1.807, 2.05) is 6.92 Å². The Bertz CT molecular complexity index is 151. The number of primary amides is 1. The van der Waals surface area contributed by atoms with Crippen molar-refractivity contribution >= 4 is 17.7 Å². The Morgan fingerprint density at radius 1 is 1.82 bits per heavy atom. The quantitative estimate of drug-likeness (QED) is 0.674. The number of carbonyl (C=O) groups excluding carboxylic acids is 1. The summed E-state index contributed by atoms with van der Waals surface area (Å²) in [4.78, 5) is 10.4. The number of nitrogens with two attached hydrogens (primary N) is 1. The highest BCUT2D eigenvalue weighted by Gasteiger charge is 2.24. The van der Waals surface area contributed by atoms with Gasteiger partial charge in [0, 0.05) is 11.9 Å². The minimum atomic E-state index is -0.242. The van der Waals surface area contributed by atoms with Crippen LogP contribution in [-0.2, 0) is 9.53 Å². The lowest BCUT2D eigenvalue weighted by atomic mass is 10.3. The lowest BCUT2D eigenvalue weighted by Crippen LogP contribution is -2.19. The van der Waals surface area contributed by atoms with Crippen molar-refractivity contribution in [2.45, 2.75) is 24.7 Å². The Balaban J connectivity index is 2.20. The first-order valence-electron chi connectivity index (χ1n) is 3.71. The van der Waals surface area contributed by atoms with Crippen LogP contribution in [0.25, 0.3) is 0 Å². The van der Waals surface area contributed by atoms with E-state index in [0.717, 1.165) is 13.0 Å². The van der Waals surface area contributed by atoms with Gasteiger partial charge in [0.05, 0.1) is 11.9 Å². The van der Waals surface area contributed by atoms with E-state index in [2.05, 4.69) is 0 Å². The molecule has 2 unspecified atom stereocenters. The SMILES string of the molecule is CC1OCCC1SCC(N)=O. The summed E-state index contributed by atoms with van der Waals surface area (Å²) >= 11 is 1.60. The first-order chi connectivity index (χ1) is 5.20. The summed E-state index contributed by atoms with van der Waals surface area (Å²) in [5.74, 6) is 0.173. The third kappa shape index (κ3) is 2.71. The standard InChI is InChI=1S/C7H13NO2S/c1-5-6(2-3-10-5)11-4-7(8)9/h5-6H,2-4H2,1H3,(H2,8,9). The van der Waals surface area contributed by atoms with Gasteiger partial charge in [0.1, 0.15) is 0 Å². The first-order valence-corrected chi connectivity index (χ1v) is 4.76. The number of rotatable bonds is 3. The van der Waals surface area contributed by atoms with Crippen LogP contribution in [0.1, 0.15) is 13.3 Å². The molecule has 1 amide bonds. The Hall–Kier alpha value is -0.220.